The van der Waals surface area contributed by atoms with Crippen LogP contribution < -0.4 is 16.2 Å². The van der Waals surface area contributed by atoms with Gasteiger partial charge in [0.05, 0.1) is 23.4 Å². The van der Waals surface area contributed by atoms with Crippen molar-refractivity contribution in [2.45, 2.75) is 12.8 Å². The van der Waals surface area contributed by atoms with Crippen LogP contribution in [0.15, 0.2) is 18.2 Å². The van der Waals surface area contributed by atoms with Crippen molar-refractivity contribution in [2.24, 2.45) is 5.92 Å². The predicted molar refractivity (Wildman–Crippen MR) is 80.4 cm³/mol. The minimum absolute atomic E-state index is 0.0513. The van der Waals surface area contributed by atoms with Crippen molar-refractivity contribution < 1.29 is 23.9 Å². The molecule has 1 heterocycles. The highest BCUT2D eigenvalue weighted by Gasteiger charge is 2.32. The Balaban J connectivity index is 1.98. The SMILES string of the molecule is COC(=O)c1ccc(Cl)c(NC(=O)CCC2C(=O)NNC2=O)c1. The van der Waals surface area contributed by atoms with E-state index < -0.39 is 29.6 Å². The Morgan fingerprint density at radius 1 is 1.26 bits per heavy atom. The van der Waals surface area contributed by atoms with E-state index in [1.165, 1.54) is 25.3 Å². The Hall–Kier alpha value is -2.61. The number of hydrogen-bond donors (Lipinski definition) is 3. The second-order valence-electron chi connectivity index (χ2n) is 4.80. The number of benzene rings is 1. The zero-order valence-corrected chi connectivity index (χ0v) is 12.9. The molecule has 0 aromatic heterocycles. The molecule has 23 heavy (non-hydrogen) atoms. The summed E-state index contributed by atoms with van der Waals surface area (Å²) in [5, 5.41) is 2.79. The lowest BCUT2D eigenvalue weighted by Crippen LogP contribution is -2.28. The standard InChI is InChI=1S/C14H14ClN3O5/c1-23-14(22)7-2-4-9(15)10(6-7)16-11(19)5-3-8-12(20)17-18-13(8)21/h2,4,6,8H,3,5H2,1H3,(H,16,19)(H,17,20)(H,18,21). The summed E-state index contributed by atoms with van der Waals surface area (Å²) in [5.74, 6) is -2.81. The van der Waals surface area contributed by atoms with Gasteiger partial charge in [-0.2, -0.15) is 0 Å². The smallest absolute Gasteiger partial charge is 0.337 e. The summed E-state index contributed by atoms with van der Waals surface area (Å²) >= 11 is 5.97. The third kappa shape index (κ3) is 3.98. The summed E-state index contributed by atoms with van der Waals surface area (Å²) in [5.41, 5.74) is 4.86. The van der Waals surface area contributed by atoms with Gasteiger partial charge in [0.15, 0.2) is 0 Å². The zero-order chi connectivity index (χ0) is 17.0. The van der Waals surface area contributed by atoms with E-state index in [-0.39, 0.29) is 29.1 Å². The van der Waals surface area contributed by atoms with E-state index in [4.69, 9.17) is 11.6 Å². The number of amides is 3. The van der Waals surface area contributed by atoms with Gasteiger partial charge in [-0.3, -0.25) is 25.2 Å². The van der Waals surface area contributed by atoms with E-state index in [0.717, 1.165) is 0 Å². The highest BCUT2D eigenvalue weighted by Crippen LogP contribution is 2.24. The Morgan fingerprint density at radius 3 is 2.52 bits per heavy atom. The van der Waals surface area contributed by atoms with Gasteiger partial charge < -0.3 is 10.1 Å². The number of hydrogen-bond acceptors (Lipinski definition) is 5. The average Bonchev–Trinajstić information content (AvgIpc) is 2.85. The van der Waals surface area contributed by atoms with Crippen molar-refractivity contribution in [3.05, 3.63) is 28.8 Å². The molecule has 0 spiro atoms. The van der Waals surface area contributed by atoms with Gasteiger partial charge in [0.2, 0.25) is 5.91 Å². The van der Waals surface area contributed by atoms with Crippen molar-refractivity contribution >= 4 is 41.0 Å². The molecule has 0 bridgehead atoms. The van der Waals surface area contributed by atoms with Gasteiger partial charge in [0.1, 0.15) is 5.92 Å². The summed E-state index contributed by atoms with van der Waals surface area (Å²) in [6, 6.07) is 4.32. The Bertz CT molecular complexity index is 660. The van der Waals surface area contributed by atoms with Crippen LogP contribution in [0, 0.1) is 5.92 Å². The van der Waals surface area contributed by atoms with Crippen LogP contribution >= 0.6 is 11.6 Å². The highest BCUT2D eigenvalue weighted by molar-refractivity contribution is 6.33. The topological polar surface area (TPSA) is 114 Å². The number of nitrogens with one attached hydrogen (secondary N) is 3. The summed E-state index contributed by atoms with van der Waals surface area (Å²) < 4.78 is 4.59. The fourth-order valence-corrected chi connectivity index (χ4v) is 2.20. The summed E-state index contributed by atoms with van der Waals surface area (Å²) in [7, 11) is 1.24. The predicted octanol–water partition coefficient (Wildman–Crippen LogP) is 0.622. The highest BCUT2D eigenvalue weighted by atomic mass is 35.5. The van der Waals surface area contributed by atoms with Crippen molar-refractivity contribution in [2.75, 3.05) is 12.4 Å². The maximum atomic E-state index is 11.9. The lowest BCUT2D eigenvalue weighted by atomic mass is 10.0. The third-order valence-corrected chi connectivity index (χ3v) is 3.59. The number of halogens is 1. The van der Waals surface area contributed by atoms with Crippen LogP contribution in [0.25, 0.3) is 0 Å². The molecule has 3 amide bonds. The monoisotopic (exact) mass is 339 g/mol. The molecule has 1 aliphatic heterocycles. The average molecular weight is 340 g/mol. The molecule has 0 unspecified atom stereocenters. The number of hydrazine groups is 1. The molecule has 0 aliphatic carbocycles. The van der Waals surface area contributed by atoms with Gasteiger partial charge in [-0.25, -0.2) is 4.79 Å². The van der Waals surface area contributed by atoms with Gasteiger partial charge in [-0.05, 0) is 24.6 Å². The summed E-state index contributed by atoms with van der Waals surface area (Å²) in [6.07, 6.45) is 0.0160. The molecule has 9 heteroatoms. The van der Waals surface area contributed by atoms with Crippen molar-refractivity contribution in [1.29, 1.82) is 0 Å². The van der Waals surface area contributed by atoms with Crippen LogP contribution in [0.5, 0.6) is 0 Å². The Kier molecular flexibility index (Phi) is 5.17. The largest absolute Gasteiger partial charge is 0.465 e. The van der Waals surface area contributed by atoms with Gasteiger partial charge in [-0.15, -0.1) is 0 Å². The zero-order valence-electron chi connectivity index (χ0n) is 12.1. The molecule has 0 radical (unpaired) electrons. The number of carbonyl (C=O) groups excluding carboxylic acids is 4. The van der Waals surface area contributed by atoms with Crippen LogP contribution in [-0.2, 0) is 19.1 Å². The minimum atomic E-state index is -0.891. The summed E-state index contributed by atoms with van der Waals surface area (Å²) in [4.78, 5) is 46.1. The fourth-order valence-electron chi connectivity index (χ4n) is 2.03. The van der Waals surface area contributed by atoms with E-state index >= 15 is 0 Å². The first kappa shape index (κ1) is 16.8. The second-order valence-corrected chi connectivity index (χ2v) is 5.21. The van der Waals surface area contributed by atoms with Crippen LogP contribution in [0.3, 0.4) is 0 Å². The molecular formula is C14H14ClN3O5. The van der Waals surface area contributed by atoms with Crippen LogP contribution in [0.2, 0.25) is 5.02 Å². The van der Waals surface area contributed by atoms with E-state index in [1.807, 2.05) is 0 Å². The molecule has 1 aliphatic rings. The van der Waals surface area contributed by atoms with Gasteiger partial charge in [0.25, 0.3) is 11.8 Å². The Morgan fingerprint density at radius 2 is 1.91 bits per heavy atom. The van der Waals surface area contributed by atoms with Crippen molar-refractivity contribution in [3.8, 4) is 0 Å². The normalized spacial score (nSPS) is 14.2. The molecule has 122 valence electrons. The summed E-state index contributed by atoms with van der Waals surface area (Å²) in [6.45, 7) is 0. The first-order valence-electron chi connectivity index (χ1n) is 6.70. The molecule has 1 aromatic carbocycles. The minimum Gasteiger partial charge on any atom is -0.465 e. The molecule has 3 N–H and O–H groups in total. The van der Waals surface area contributed by atoms with E-state index in [0.29, 0.717) is 0 Å². The number of methoxy groups -OCH3 is 1. The molecule has 0 saturated carbocycles. The molecule has 8 nitrogen and oxygen atoms in total. The number of carbonyl (C=O) groups is 4. The number of esters is 1. The first-order valence-corrected chi connectivity index (χ1v) is 7.07. The number of ether oxygens (including phenoxy) is 1. The van der Waals surface area contributed by atoms with Gasteiger partial charge >= 0.3 is 5.97 Å². The van der Waals surface area contributed by atoms with E-state index in [2.05, 4.69) is 20.9 Å². The lowest BCUT2D eigenvalue weighted by Gasteiger charge is -2.09. The molecular weight excluding hydrogens is 326 g/mol. The van der Waals surface area contributed by atoms with Crippen LogP contribution in [0.4, 0.5) is 5.69 Å². The number of anilines is 1. The first-order chi connectivity index (χ1) is 10.9. The van der Waals surface area contributed by atoms with E-state index in [1.54, 1.807) is 0 Å². The molecule has 2 rings (SSSR count). The van der Waals surface area contributed by atoms with Gasteiger partial charge in [-0.1, -0.05) is 11.6 Å². The maximum Gasteiger partial charge on any atom is 0.337 e. The van der Waals surface area contributed by atoms with Crippen molar-refractivity contribution in [3.63, 3.8) is 0 Å². The number of rotatable bonds is 5. The third-order valence-electron chi connectivity index (χ3n) is 3.26. The maximum absolute atomic E-state index is 11.9. The van der Waals surface area contributed by atoms with E-state index in [9.17, 15) is 19.2 Å². The lowest BCUT2D eigenvalue weighted by molar-refractivity contribution is -0.128. The molecule has 1 saturated heterocycles. The fraction of sp³-hybridized carbons (Fsp3) is 0.286. The van der Waals surface area contributed by atoms with Crippen LogP contribution in [-0.4, -0.2) is 30.8 Å². The quantitative estimate of drug-likeness (QED) is 0.537. The Labute approximate surface area is 136 Å². The second kappa shape index (κ2) is 7.10. The van der Waals surface area contributed by atoms with Crippen LogP contribution in [0.1, 0.15) is 23.2 Å². The molecule has 1 fully saturated rings. The van der Waals surface area contributed by atoms with Crippen molar-refractivity contribution in [1.82, 2.24) is 10.9 Å². The van der Waals surface area contributed by atoms with Gasteiger partial charge in [0, 0.05) is 6.42 Å². The molecule has 1 aromatic rings. The molecule has 0 atom stereocenters.